The molecule has 0 aromatic heterocycles. The molecule has 2 aromatic rings. The van der Waals surface area contributed by atoms with Crippen molar-refractivity contribution in [3.05, 3.63) is 58.1 Å². The van der Waals surface area contributed by atoms with Crippen molar-refractivity contribution in [3.63, 3.8) is 0 Å². The van der Waals surface area contributed by atoms with E-state index in [-0.39, 0.29) is 0 Å². The number of rotatable bonds is 3. The number of para-hydroxylation sites is 1. The van der Waals surface area contributed by atoms with Crippen LogP contribution in [0.5, 0.6) is 11.5 Å². The molecule has 0 aliphatic rings. The largest absolute Gasteiger partial charge is 0.456 e. The van der Waals surface area contributed by atoms with Gasteiger partial charge in [-0.3, -0.25) is 0 Å². The lowest BCUT2D eigenvalue weighted by molar-refractivity contribution is 0.469. The van der Waals surface area contributed by atoms with Crippen LogP contribution in [0, 0.1) is 13.8 Å². The Morgan fingerprint density at radius 1 is 1.11 bits per heavy atom. The van der Waals surface area contributed by atoms with Crippen LogP contribution in [0.2, 0.25) is 5.02 Å². The zero-order valence-electron chi connectivity index (χ0n) is 10.5. The molecule has 0 amide bonds. The molecule has 2 rings (SSSR count). The summed E-state index contributed by atoms with van der Waals surface area (Å²) in [5.74, 6) is 1.65. The highest BCUT2D eigenvalue weighted by molar-refractivity contribution is 6.30. The van der Waals surface area contributed by atoms with Crippen LogP contribution in [0.3, 0.4) is 0 Å². The van der Waals surface area contributed by atoms with Crippen LogP contribution in [-0.4, -0.2) is 0 Å². The highest BCUT2D eigenvalue weighted by atomic mass is 35.5. The van der Waals surface area contributed by atoms with E-state index in [1.54, 1.807) is 0 Å². The second kappa shape index (κ2) is 5.42. The van der Waals surface area contributed by atoms with E-state index in [9.17, 15) is 0 Å². The van der Waals surface area contributed by atoms with Crippen molar-refractivity contribution in [2.75, 3.05) is 0 Å². The lowest BCUT2D eigenvalue weighted by atomic mass is 10.1. The smallest absolute Gasteiger partial charge is 0.134 e. The lowest BCUT2D eigenvalue weighted by Gasteiger charge is -2.14. The molecule has 18 heavy (non-hydrogen) atoms. The zero-order valence-corrected chi connectivity index (χ0v) is 11.3. The maximum absolute atomic E-state index is 5.98. The molecule has 0 atom stereocenters. The van der Waals surface area contributed by atoms with Gasteiger partial charge in [-0.2, -0.15) is 0 Å². The minimum absolute atomic E-state index is 0.462. The molecule has 94 valence electrons. The van der Waals surface area contributed by atoms with Gasteiger partial charge >= 0.3 is 0 Å². The fourth-order valence-corrected chi connectivity index (χ4v) is 2.08. The standard InChI is InChI=1S/C15H16ClNO/c1-10-4-3-5-12(9-17)15(10)18-14-7-6-13(16)8-11(14)2/h3-8H,9,17H2,1-2H3. The molecule has 0 radical (unpaired) electrons. The monoisotopic (exact) mass is 261 g/mol. The molecule has 0 aliphatic heterocycles. The zero-order chi connectivity index (χ0) is 13.1. The Labute approximate surface area is 112 Å². The van der Waals surface area contributed by atoms with Gasteiger partial charge in [0.15, 0.2) is 0 Å². The van der Waals surface area contributed by atoms with Crippen molar-refractivity contribution in [2.45, 2.75) is 20.4 Å². The molecule has 2 N–H and O–H groups in total. The Hall–Kier alpha value is -1.51. The first-order valence-electron chi connectivity index (χ1n) is 5.84. The van der Waals surface area contributed by atoms with E-state index in [0.29, 0.717) is 11.6 Å². The fraction of sp³-hybridized carbons (Fsp3) is 0.200. The van der Waals surface area contributed by atoms with Gasteiger partial charge in [-0.1, -0.05) is 29.8 Å². The number of hydrogen-bond donors (Lipinski definition) is 1. The molecule has 3 heteroatoms. The van der Waals surface area contributed by atoms with Gasteiger partial charge in [0.05, 0.1) is 0 Å². The van der Waals surface area contributed by atoms with Crippen molar-refractivity contribution in [1.82, 2.24) is 0 Å². The van der Waals surface area contributed by atoms with Gasteiger partial charge in [0.2, 0.25) is 0 Å². The summed E-state index contributed by atoms with van der Waals surface area (Å²) >= 11 is 5.93. The normalized spacial score (nSPS) is 10.4. The van der Waals surface area contributed by atoms with Crippen LogP contribution >= 0.6 is 11.6 Å². The third kappa shape index (κ3) is 2.66. The van der Waals surface area contributed by atoms with Crippen LogP contribution < -0.4 is 10.5 Å². The second-order valence-electron chi connectivity index (χ2n) is 4.28. The Balaban J connectivity index is 2.39. The van der Waals surface area contributed by atoms with Crippen molar-refractivity contribution in [2.24, 2.45) is 5.73 Å². The Morgan fingerprint density at radius 2 is 1.89 bits per heavy atom. The van der Waals surface area contributed by atoms with E-state index in [4.69, 9.17) is 22.1 Å². The topological polar surface area (TPSA) is 35.2 Å². The van der Waals surface area contributed by atoms with Crippen LogP contribution in [0.15, 0.2) is 36.4 Å². The number of benzene rings is 2. The molecular formula is C15H16ClNO. The minimum atomic E-state index is 0.462. The number of nitrogens with two attached hydrogens (primary N) is 1. The first-order chi connectivity index (χ1) is 8.61. The van der Waals surface area contributed by atoms with Crippen molar-refractivity contribution in [3.8, 4) is 11.5 Å². The van der Waals surface area contributed by atoms with Crippen molar-refractivity contribution < 1.29 is 4.74 Å². The maximum Gasteiger partial charge on any atom is 0.134 e. The van der Waals surface area contributed by atoms with Crippen molar-refractivity contribution >= 4 is 11.6 Å². The van der Waals surface area contributed by atoms with E-state index < -0.39 is 0 Å². The van der Waals surface area contributed by atoms with E-state index >= 15 is 0 Å². The quantitative estimate of drug-likeness (QED) is 0.898. The molecule has 0 saturated heterocycles. The third-order valence-corrected chi connectivity index (χ3v) is 3.10. The molecule has 0 aliphatic carbocycles. The maximum atomic E-state index is 5.98. The summed E-state index contributed by atoms with van der Waals surface area (Å²) in [5, 5.41) is 0.712. The highest BCUT2D eigenvalue weighted by Gasteiger charge is 2.08. The van der Waals surface area contributed by atoms with Gasteiger partial charge in [-0.25, -0.2) is 0 Å². The summed E-state index contributed by atoms with van der Waals surface area (Å²) < 4.78 is 5.98. The van der Waals surface area contributed by atoms with Gasteiger partial charge in [-0.05, 0) is 43.2 Å². The summed E-state index contributed by atoms with van der Waals surface area (Å²) in [5.41, 5.74) is 8.82. The molecule has 0 fully saturated rings. The first-order valence-corrected chi connectivity index (χ1v) is 6.22. The highest BCUT2D eigenvalue weighted by Crippen LogP contribution is 2.31. The minimum Gasteiger partial charge on any atom is -0.456 e. The number of ether oxygens (including phenoxy) is 1. The molecule has 2 nitrogen and oxygen atoms in total. The first kappa shape index (κ1) is 12.9. The predicted octanol–water partition coefficient (Wildman–Crippen LogP) is 4.21. The molecule has 0 unspecified atom stereocenters. The predicted molar refractivity (Wildman–Crippen MR) is 75.3 cm³/mol. The Morgan fingerprint density at radius 3 is 2.56 bits per heavy atom. The van der Waals surface area contributed by atoms with E-state index in [1.807, 2.05) is 50.2 Å². The molecular weight excluding hydrogens is 246 g/mol. The van der Waals surface area contributed by atoms with Crippen LogP contribution in [0.25, 0.3) is 0 Å². The number of halogens is 1. The summed E-state index contributed by atoms with van der Waals surface area (Å²) in [6, 6.07) is 11.6. The molecule has 0 saturated carbocycles. The molecule has 0 heterocycles. The van der Waals surface area contributed by atoms with E-state index in [0.717, 1.165) is 28.2 Å². The number of hydrogen-bond acceptors (Lipinski definition) is 2. The third-order valence-electron chi connectivity index (χ3n) is 2.86. The van der Waals surface area contributed by atoms with Crippen LogP contribution in [0.4, 0.5) is 0 Å². The van der Waals surface area contributed by atoms with Gasteiger partial charge in [0.1, 0.15) is 11.5 Å². The molecule has 0 bridgehead atoms. The van der Waals surface area contributed by atoms with Gasteiger partial charge < -0.3 is 10.5 Å². The Kier molecular flexibility index (Phi) is 3.90. The van der Waals surface area contributed by atoms with E-state index in [2.05, 4.69) is 0 Å². The van der Waals surface area contributed by atoms with Gasteiger partial charge in [0.25, 0.3) is 0 Å². The number of aryl methyl sites for hydroxylation is 2. The van der Waals surface area contributed by atoms with Gasteiger partial charge in [0, 0.05) is 17.1 Å². The van der Waals surface area contributed by atoms with Crippen LogP contribution in [-0.2, 0) is 6.54 Å². The summed E-state index contributed by atoms with van der Waals surface area (Å²) in [6.45, 7) is 4.45. The summed E-state index contributed by atoms with van der Waals surface area (Å²) in [6.07, 6.45) is 0. The molecule has 0 spiro atoms. The average molecular weight is 262 g/mol. The summed E-state index contributed by atoms with van der Waals surface area (Å²) in [4.78, 5) is 0. The van der Waals surface area contributed by atoms with E-state index in [1.165, 1.54) is 0 Å². The van der Waals surface area contributed by atoms with Crippen LogP contribution in [0.1, 0.15) is 16.7 Å². The SMILES string of the molecule is Cc1cc(Cl)ccc1Oc1c(C)cccc1CN. The summed E-state index contributed by atoms with van der Waals surface area (Å²) in [7, 11) is 0. The average Bonchev–Trinajstić information content (AvgIpc) is 2.34. The van der Waals surface area contributed by atoms with Crippen molar-refractivity contribution in [1.29, 1.82) is 0 Å². The molecule has 2 aromatic carbocycles. The fourth-order valence-electron chi connectivity index (χ4n) is 1.86. The Bertz CT molecular complexity index is 566. The van der Waals surface area contributed by atoms with Gasteiger partial charge in [-0.15, -0.1) is 0 Å². The lowest BCUT2D eigenvalue weighted by Crippen LogP contribution is -2.01. The second-order valence-corrected chi connectivity index (χ2v) is 4.72.